The van der Waals surface area contributed by atoms with E-state index in [9.17, 15) is 8.42 Å². The summed E-state index contributed by atoms with van der Waals surface area (Å²) in [5, 5.41) is 0.388. The number of sulfonamides is 1. The van der Waals surface area contributed by atoms with Crippen molar-refractivity contribution in [2.24, 2.45) is 0 Å². The molecule has 0 amide bonds. The van der Waals surface area contributed by atoms with E-state index in [1.807, 2.05) is 31.2 Å². The van der Waals surface area contributed by atoms with Gasteiger partial charge in [0.1, 0.15) is 9.96 Å². The van der Waals surface area contributed by atoms with Gasteiger partial charge in [-0.15, -0.1) is 11.3 Å². The Morgan fingerprint density at radius 2 is 2.14 bits per heavy atom. The highest BCUT2D eigenvalue weighted by atomic mass is 79.9. The van der Waals surface area contributed by atoms with Crippen LogP contribution in [0.15, 0.2) is 38.3 Å². The van der Waals surface area contributed by atoms with Gasteiger partial charge in [0, 0.05) is 6.54 Å². The zero-order chi connectivity index (χ0) is 15.5. The molecule has 0 radical (unpaired) electrons. The highest BCUT2D eigenvalue weighted by molar-refractivity contribution is 9.11. The van der Waals surface area contributed by atoms with E-state index in [0.29, 0.717) is 15.4 Å². The molecule has 2 rings (SSSR count). The van der Waals surface area contributed by atoms with Crippen LogP contribution in [0, 0.1) is 0 Å². The van der Waals surface area contributed by atoms with Gasteiger partial charge in [0.05, 0.1) is 15.4 Å². The van der Waals surface area contributed by atoms with Gasteiger partial charge in [-0.05, 0) is 46.6 Å². The fraction of sp³-hybridized carbons (Fsp3) is 0.231. The van der Waals surface area contributed by atoms with Crippen LogP contribution in [0.2, 0.25) is 5.02 Å². The molecule has 0 fully saturated rings. The van der Waals surface area contributed by atoms with E-state index in [2.05, 4.69) is 20.7 Å². The van der Waals surface area contributed by atoms with E-state index in [1.165, 1.54) is 6.07 Å². The average Bonchev–Trinajstić information content (AvgIpc) is 2.78. The first-order valence-electron chi connectivity index (χ1n) is 6.08. The van der Waals surface area contributed by atoms with Crippen molar-refractivity contribution in [1.29, 1.82) is 0 Å². The third-order valence-electron chi connectivity index (χ3n) is 2.56. The summed E-state index contributed by atoms with van der Waals surface area (Å²) < 4.78 is 33.1. The fourth-order valence-corrected chi connectivity index (χ4v) is 5.08. The van der Waals surface area contributed by atoms with Crippen LogP contribution in [-0.4, -0.2) is 15.0 Å². The summed E-state index contributed by atoms with van der Waals surface area (Å²) in [6, 6.07) is 8.73. The van der Waals surface area contributed by atoms with Crippen molar-refractivity contribution in [1.82, 2.24) is 4.72 Å². The predicted molar refractivity (Wildman–Crippen MR) is 88.7 cm³/mol. The maximum Gasteiger partial charge on any atom is 0.250 e. The molecule has 0 aliphatic carbocycles. The van der Waals surface area contributed by atoms with Gasteiger partial charge in [-0.3, -0.25) is 0 Å². The lowest BCUT2D eigenvalue weighted by Gasteiger charge is -2.07. The van der Waals surface area contributed by atoms with Crippen LogP contribution < -0.4 is 9.46 Å². The average molecular weight is 411 g/mol. The number of hydrogen-bond donors (Lipinski definition) is 1. The Balaban J connectivity index is 2.09. The molecule has 0 atom stereocenters. The van der Waals surface area contributed by atoms with Gasteiger partial charge in [-0.25, -0.2) is 13.1 Å². The highest BCUT2D eigenvalue weighted by Crippen LogP contribution is 2.34. The molecule has 0 spiro atoms. The molecule has 21 heavy (non-hydrogen) atoms. The fourth-order valence-electron chi connectivity index (χ4n) is 1.62. The van der Waals surface area contributed by atoms with Crippen LogP contribution in [0.3, 0.4) is 0 Å². The number of nitrogens with one attached hydrogen (secondary N) is 1. The van der Waals surface area contributed by atoms with E-state index in [0.717, 1.165) is 22.6 Å². The summed E-state index contributed by atoms with van der Waals surface area (Å²) in [6.07, 6.45) is 0. The van der Waals surface area contributed by atoms with E-state index < -0.39 is 10.0 Å². The Morgan fingerprint density at radius 3 is 2.76 bits per heavy atom. The number of halogens is 2. The second-order valence-corrected chi connectivity index (χ2v) is 8.86. The van der Waals surface area contributed by atoms with Crippen LogP contribution in [0.4, 0.5) is 0 Å². The molecule has 1 aromatic heterocycles. The van der Waals surface area contributed by atoms with E-state index in [1.54, 1.807) is 0 Å². The molecule has 0 bridgehead atoms. The molecular weight excluding hydrogens is 398 g/mol. The Kier molecular flexibility index (Phi) is 5.67. The number of benzene rings is 1. The maximum atomic E-state index is 12.2. The number of ether oxygens (including phenoxy) is 1. The molecule has 0 aliphatic rings. The van der Waals surface area contributed by atoms with Crippen LogP contribution in [0.1, 0.15) is 12.5 Å². The first kappa shape index (κ1) is 16.8. The normalized spacial score (nSPS) is 11.6. The highest BCUT2D eigenvalue weighted by Gasteiger charge is 2.18. The van der Waals surface area contributed by atoms with Crippen molar-refractivity contribution < 1.29 is 13.2 Å². The topological polar surface area (TPSA) is 55.4 Å². The summed E-state index contributed by atoms with van der Waals surface area (Å²) in [5.74, 6) is 0.719. The zero-order valence-electron chi connectivity index (χ0n) is 11.1. The first-order chi connectivity index (χ1) is 9.92. The lowest BCUT2D eigenvalue weighted by atomic mass is 10.2. The molecule has 1 N–H and O–H groups in total. The van der Waals surface area contributed by atoms with Crippen molar-refractivity contribution in [3.63, 3.8) is 0 Å². The molecule has 4 nitrogen and oxygen atoms in total. The van der Waals surface area contributed by atoms with E-state index in [4.69, 9.17) is 16.3 Å². The molecule has 0 saturated heterocycles. The number of hydrogen-bond acceptors (Lipinski definition) is 4. The summed E-state index contributed by atoms with van der Waals surface area (Å²) in [7, 11) is -3.57. The summed E-state index contributed by atoms with van der Waals surface area (Å²) in [4.78, 5) is 0. The van der Waals surface area contributed by atoms with Crippen LogP contribution in [0.25, 0.3) is 0 Å². The van der Waals surface area contributed by atoms with E-state index in [-0.39, 0.29) is 10.8 Å². The number of rotatable bonds is 6. The summed E-state index contributed by atoms with van der Waals surface area (Å²) in [6.45, 7) is 2.65. The second-order valence-electron chi connectivity index (χ2n) is 4.09. The molecule has 114 valence electrons. The van der Waals surface area contributed by atoms with Gasteiger partial charge >= 0.3 is 0 Å². The monoisotopic (exact) mass is 409 g/mol. The summed E-state index contributed by atoms with van der Waals surface area (Å²) >= 11 is 10.1. The largest absolute Gasteiger partial charge is 0.494 e. The lowest BCUT2D eigenvalue weighted by Crippen LogP contribution is -2.22. The van der Waals surface area contributed by atoms with Crippen molar-refractivity contribution >= 4 is 48.9 Å². The summed E-state index contributed by atoms with van der Waals surface area (Å²) in [5.41, 5.74) is 0.825. The minimum absolute atomic E-state index is 0.181. The SMILES string of the molecule is CCOc1cccc(CNS(=O)(=O)c2cc(Cl)c(Br)s2)c1. The molecule has 0 saturated carbocycles. The minimum atomic E-state index is -3.57. The smallest absolute Gasteiger partial charge is 0.250 e. The standard InChI is InChI=1S/C13H13BrClNO3S2/c1-2-19-10-5-3-4-9(6-10)8-16-21(17,18)12-7-11(15)13(14)20-12/h3-7,16H,2,8H2,1H3. The minimum Gasteiger partial charge on any atom is -0.494 e. The molecule has 2 aromatic rings. The van der Waals surface area contributed by atoms with Gasteiger partial charge in [-0.1, -0.05) is 23.7 Å². The van der Waals surface area contributed by atoms with E-state index >= 15 is 0 Å². The van der Waals surface area contributed by atoms with Crippen molar-refractivity contribution in [2.75, 3.05) is 6.61 Å². The molecule has 1 aromatic carbocycles. The Morgan fingerprint density at radius 1 is 1.38 bits per heavy atom. The van der Waals surface area contributed by atoms with Crippen LogP contribution in [0.5, 0.6) is 5.75 Å². The van der Waals surface area contributed by atoms with Gasteiger partial charge in [0.25, 0.3) is 0 Å². The molecule has 1 heterocycles. The van der Waals surface area contributed by atoms with Gasteiger partial charge in [-0.2, -0.15) is 0 Å². The van der Waals surface area contributed by atoms with Gasteiger partial charge in [0.2, 0.25) is 10.0 Å². The molecular formula is C13H13BrClNO3S2. The Bertz CT molecular complexity index is 711. The van der Waals surface area contributed by atoms with Crippen LogP contribution >= 0.6 is 38.9 Å². The third kappa shape index (κ3) is 4.43. The van der Waals surface area contributed by atoms with Gasteiger partial charge < -0.3 is 4.74 Å². The first-order valence-corrected chi connectivity index (χ1v) is 9.55. The van der Waals surface area contributed by atoms with Gasteiger partial charge in [0.15, 0.2) is 0 Å². The quantitative estimate of drug-likeness (QED) is 0.782. The lowest BCUT2D eigenvalue weighted by molar-refractivity contribution is 0.340. The molecule has 0 aliphatic heterocycles. The molecule has 8 heteroatoms. The molecule has 0 unspecified atom stereocenters. The van der Waals surface area contributed by atoms with Crippen molar-refractivity contribution in [3.05, 3.63) is 44.7 Å². The zero-order valence-corrected chi connectivity index (χ0v) is 15.1. The maximum absolute atomic E-state index is 12.2. The van der Waals surface area contributed by atoms with Crippen molar-refractivity contribution in [3.8, 4) is 5.75 Å². The van der Waals surface area contributed by atoms with Crippen LogP contribution in [-0.2, 0) is 16.6 Å². The Hall–Kier alpha value is -0.600. The third-order valence-corrected chi connectivity index (χ3v) is 6.91. The second kappa shape index (κ2) is 7.11. The Labute approximate surface area is 141 Å². The predicted octanol–water partition coefficient (Wildman–Crippen LogP) is 4.04. The number of thiophene rings is 1. The van der Waals surface area contributed by atoms with Crippen molar-refractivity contribution in [2.45, 2.75) is 17.7 Å².